The number of alkyl carbamates (subject to hydrolysis) is 1. The summed E-state index contributed by atoms with van der Waals surface area (Å²) in [5, 5.41) is 7.81. The van der Waals surface area contributed by atoms with E-state index in [0.717, 1.165) is 36.5 Å². The second kappa shape index (κ2) is 13.8. The molecule has 5 rings (SSSR count). The van der Waals surface area contributed by atoms with Crippen LogP contribution in [-0.4, -0.2) is 65.5 Å². The summed E-state index contributed by atoms with van der Waals surface area (Å²) in [7, 11) is 0. The van der Waals surface area contributed by atoms with Gasteiger partial charge in [-0.25, -0.2) is 4.79 Å². The Morgan fingerprint density at radius 2 is 1.68 bits per heavy atom. The van der Waals surface area contributed by atoms with E-state index in [2.05, 4.69) is 39.8 Å². The molecular weight excluding hydrogens is 536 g/mol. The Hall–Kier alpha value is -3.69. The minimum Gasteiger partial charge on any atom is -0.445 e. The van der Waals surface area contributed by atoms with E-state index in [-0.39, 0.29) is 18.4 Å². The van der Waals surface area contributed by atoms with E-state index in [0.29, 0.717) is 38.8 Å². The Morgan fingerprint density at radius 1 is 0.976 bits per heavy atom. The third-order valence-corrected chi connectivity index (χ3v) is 8.96. The highest BCUT2D eigenvalue weighted by Crippen LogP contribution is 2.35. The number of benzene rings is 2. The smallest absolute Gasteiger partial charge is 0.407 e. The van der Waals surface area contributed by atoms with Gasteiger partial charge in [0.05, 0.1) is 6.54 Å². The molecule has 41 heavy (non-hydrogen) atoms. The van der Waals surface area contributed by atoms with Crippen molar-refractivity contribution < 1.29 is 19.1 Å². The number of nitrogens with one attached hydrogen (secondary N) is 2. The highest BCUT2D eigenvalue weighted by molar-refractivity contribution is 7.09. The van der Waals surface area contributed by atoms with Gasteiger partial charge in [0, 0.05) is 31.1 Å². The molecule has 0 saturated carbocycles. The standard InChI is InChI=1S/C32H38N4O4S/c37-29-28(14-7-18-33-31(39)40-24-26-11-5-2-6-12-26)34-30(38)32(36(29)23-27-13-8-22-41-27)16-20-35(21-17-32)19-15-25-9-3-1-4-10-25/h1-6,8-13,22,28H,7,14-21,23-24H2,(H,33,39)(H,34,38)/t28-/m0/s1. The average Bonchev–Trinajstić information content (AvgIpc) is 3.53. The van der Waals surface area contributed by atoms with Crippen LogP contribution in [0.4, 0.5) is 4.79 Å². The lowest BCUT2D eigenvalue weighted by Crippen LogP contribution is -2.72. The van der Waals surface area contributed by atoms with Crippen LogP contribution >= 0.6 is 11.3 Å². The second-order valence-corrected chi connectivity index (χ2v) is 11.8. The molecule has 2 N–H and O–H groups in total. The third kappa shape index (κ3) is 7.34. The number of hydrogen-bond acceptors (Lipinski definition) is 6. The first kappa shape index (κ1) is 28.8. The van der Waals surface area contributed by atoms with Crippen molar-refractivity contribution in [2.75, 3.05) is 26.2 Å². The molecule has 2 saturated heterocycles. The van der Waals surface area contributed by atoms with Gasteiger partial charge in [-0.05, 0) is 54.7 Å². The van der Waals surface area contributed by atoms with E-state index in [1.807, 2.05) is 58.8 Å². The molecule has 2 aromatic carbocycles. The van der Waals surface area contributed by atoms with Gasteiger partial charge >= 0.3 is 6.09 Å². The zero-order valence-electron chi connectivity index (χ0n) is 23.3. The summed E-state index contributed by atoms with van der Waals surface area (Å²) in [6.07, 6.45) is 2.70. The van der Waals surface area contributed by atoms with Gasteiger partial charge in [-0.2, -0.15) is 0 Å². The first-order valence-corrected chi connectivity index (χ1v) is 15.3. The largest absolute Gasteiger partial charge is 0.445 e. The third-order valence-electron chi connectivity index (χ3n) is 8.10. The van der Waals surface area contributed by atoms with Crippen LogP contribution in [0, 0.1) is 0 Å². The van der Waals surface area contributed by atoms with Crippen molar-refractivity contribution in [1.29, 1.82) is 0 Å². The molecular formula is C32H38N4O4S. The fourth-order valence-corrected chi connectivity index (χ4v) is 6.40. The second-order valence-electron chi connectivity index (χ2n) is 10.8. The number of piperazine rings is 1. The minimum absolute atomic E-state index is 0.0395. The molecule has 2 aliphatic rings. The van der Waals surface area contributed by atoms with Crippen molar-refractivity contribution >= 4 is 29.2 Å². The van der Waals surface area contributed by atoms with Crippen LogP contribution in [0.25, 0.3) is 0 Å². The lowest BCUT2D eigenvalue weighted by Gasteiger charge is -2.51. The van der Waals surface area contributed by atoms with Gasteiger partial charge in [0.2, 0.25) is 11.8 Å². The molecule has 216 valence electrons. The number of rotatable bonds is 11. The first-order chi connectivity index (χ1) is 20.0. The normalized spacial score (nSPS) is 18.7. The summed E-state index contributed by atoms with van der Waals surface area (Å²) in [5.41, 5.74) is 1.39. The molecule has 0 bridgehead atoms. The zero-order valence-corrected chi connectivity index (χ0v) is 24.1. The number of nitrogens with zero attached hydrogens (tertiary/aromatic N) is 2. The predicted molar refractivity (Wildman–Crippen MR) is 159 cm³/mol. The van der Waals surface area contributed by atoms with Crippen LogP contribution in [0.3, 0.4) is 0 Å². The molecule has 2 aliphatic heterocycles. The molecule has 8 nitrogen and oxygen atoms in total. The zero-order chi connectivity index (χ0) is 28.5. The molecule has 3 amide bonds. The first-order valence-electron chi connectivity index (χ1n) is 14.4. The van der Waals surface area contributed by atoms with E-state index in [1.165, 1.54) is 5.56 Å². The Bertz CT molecular complexity index is 1280. The van der Waals surface area contributed by atoms with Gasteiger partial charge in [-0.3, -0.25) is 9.59 Å². The van der Waals surface area contributed by atoms with Crippen LogP contribution in [0.15, 0.2) is 78.2 Å². The molecule has 9 heteroatoms. The molecule has 0 unspecified atom stereocenters. The van der Waals surface area contributed by atoms with Crippen molar-refractivity contribution in [3.63, 3.8) is 0 Å². The van der Waals surface area contributed by atoms with Crippen LogP contribution in [0.2, 0.25) is 0 Å². The summed E-state index contributed by atoms with van der Waals surface area (Å²) in [5.74, 6) is -0.0982. The van der Waals surface area contributed by atoms with Gasteiger partial charge in [-0.15, -0.1) is 11.3 Å². The van der Waals surface area contributed by atoms with E-state index in [4.69, 9.17) is 4.74 Å². The number of hydrogen-bond donors (Lipinski definition) is 2. The van der Waals surface area contributed by atoms with Gasteiger partial charge < -0.3 is 25.2 Å². The Morgan fingerprint density at radius 3 is 2.37 bits per heavy atom. The van der Waals surface area contributed by atoms with E-state index in [9.17, 15) is 14.4 Å². The van der Waals surface area contributed by atoms with Gasteiger partial charge in [-0.1, -0.05) is 66.7 Å². The lowest BCUT2D eigenvalue weighted by molar-refractivity contribution is -0.162. The van der Waals surface area contributed by atoms with Crippen molar-refractivity contribution in [2.45, 2.75) is 56.8 Å². The quantitative estimate of drug-likeness (QED) is 0.332. The highest BCUT2D eigenvalue weighted by atomic mass is 32.1. The van der Waals surface area contributed by atoms with Crippen molar-refractivity contribution in [3.8, 4) is 0 Å². The molecule has 0 aliphatic carbocycles. The maximum Gasteiger partial charge on any atom is 0.407 e. The predicted octanol–water partition coefficient (Wildman–Crippen LogP) is 4.36. The topological polar surface area (TPSA) is 91.0 Å². The van der Waals surface area contributed by atoms with Crippen molar-refractivity contribution in [2.24, 2.45) is 0 Å². The number of carbonyl (C=O) groups is 3. The maximum absolute atomic E-state index is 13.8. The minimum atomic E-state index is -0.833. The summed E-state index contributed by atoms with van der Waals surface area (Å²) >= 11 is 1.60. The molecule has 1 spiro atoms. The molecule has 1 atom stereocenters. The number of amides is 3. The fraction of sp³-hybridized carbons (Fsp3) is 0.406. The van der Waals surface area contributed by atoms with Crippen LogP contribution < -0.4 is 10.6 Å². The summed E-state index contributed by atoms with van der Waals surface area (Å²) in [4.78, 5) is 44.9. The summed E-state index contributed by atoms with van der Waals surface area (Å²) < 4.78 is 5.26. The Kier molecular flexibility index (Phi) is 9.69. The van der Waals surface area contributed by atoms with Crippen LogP contribution in [0.1, 0.15) is 41.7 Å². The van der Waals surface area contributed by atoms with Gasteiger partial charge in [0.25, 0.3) is 0 Å². The molecule has 1 aromatic heterocycles. The maximum atomic E-state index is 13.8. The Balaban J connectivity index is 1.15. The number of thiophene rings is 1. The summed E-state index contributed by atoms with van der Waals surface area (Å²) in [6.45, 7) is 3.48. The van der Waals surface area contributed by atoms with E-state index < -0.39 is 17.7 Å². The molecule has 2 fully saturated rings. The molecule has 0 radical (unpaired) electrons. The van der Waals surface area contributed by atoms with Crippen molar-refractivity contribution in [1.82, 2.24) is 20.4 Å². The average molecular weight is 575 g/mol. The van der Waals surface area contributed by atoms with Crippen LogP contribution in [0.5, 0.6) is 0 Å². The van der Waals surface area contributed by atoms with E-state index in [1.54, 1.807) is 11.3 Å². The van der Waals surface area contributed by atoms with Gasteiger partial charge in [0.15, 0.2) is 0 Å². The molecule has 3 heterocycles. The number of carbonyl (C=O) groups excluding carboxylic acids is 3. The highest BCUT2D eigenvalue weighted by Gasteiger charge is 2.53. The molecule has 3 aromatic rings. The Labute approximate surface area is 245 Å². The lowest BCUT2D eigenvalue weighted by atomic mass is 9.81. The van der Waals surface area contributed by atoms with E-state index >= 15 is 0 Å². The number of piperidine rings is 1. The number of ether oxygens (including phenoxy) is 1. The monoisotopic (exact) mass is 574 g/mol. The van der Waals surface area contributed by atoms with Crippen molar-refractivity contribution in [3.05, 3.63) is 94.2 Å². The van der Waals surface area contributed by atoms with Gasteiger partial charge in [0.1, 0.15) is 18.2 Å². The SMILES string of the molecule is O=C(NCCC[C@@H]1NC(=O)C2(CCN(CCc3ccccc3)CC2)N(Cc2cccs2)C1=O)OCc1ccccc1. The van der Waals surface area contributed by atoms with Crippen LogP contribution in [-0.2, 0) is 33.9 Å². The fourth-order valence-electron chi connectivity index (χ4n) is 5.71. The number of likely N-dealkylation sites (tertiary alicyclic amines) is 1. The summed E-state index contributed by atoms with van der Waals surface area (Å²) in [6, 6.07) is 23.3.